The van der Waals surface area contributed by atoms with E-state index < -0.39 is 0 Å². The van der Waals surface area contributed by atoms with Crippen LogP contribution in [0.3, 0.4) is 0 Å². The van der Waals surface area contributed by atoms with E-state index >= 15 is 0 Å². The molecule has 0 fully saturated rings. The molecule has 2 heterocycles. The first kappa shape index (κ1) is 11.5. The number of unbranched alkanes of at least 4 members (excludes halogenated alkanes) is 1. The van der Waals surface area contributed by atoms with Crippen LogP contribution in [0.2, 0.25) is 0 Å². The van der Waals surface area contributed by atoms with Gasteiger partial charge in [0, 0.05) is 18.3 Å². The van der Waals surface area contributed by atoms with Gasteiger partial charge in [-0.05, 0) is 32.4 Å². The summed E-state index contributed by atoms with van der Waals surface area (Å²) in [6, 6.07) is 5.96. The van der Waals surface area contributed by atoms with Gasteiger partial charge in [0.15, 0.2) is 11.4 Å². The van der Waals surface area contributed by atoms with Crippen LogP contribution >= 0.6 is 0 Å². The van der Waals surface area contributed by atoms with Gasteiger partial charge in [0.25, 0.3) is 0 Å². The van der Waals surface area contributed by atoms with Crippen LogP contribution in [-0.2, 0) is 0 Å². The molecule has 0 bridgehead atoms. The molecule has 0 unspecified atom stereocenters. The van der Waals surface area contributed by atoms with Crippen LogP contribution in [0.5, 0.6) is 5.75 Å². The first-order chi connectivity index (χ1) is 8.24. The third kappa shape index (κ3) is 2.23. The summed E-state index contributed by atoms with van der Waals surface area (Å²) >= 11 is 0. The summed E-state index contributed by atoms with van der Waals surface area (Å²) in [6.45, 7) is 4.58. The number of aryl methyl sites for hydroxylation is 2. The Bertz CT molecular complexity index is 566. The average molecular weight is 229 g/mol. The maximum atomic E-state index is 8.45. The molecule has 0 aliphatic carbocycles. The topological polar surface area (TPSA) is 50.3 Å². The molecule has 0 N–H and O–H groups in total. The molecule has 0 atom stereocenters. The predicted molar refractivity (Wildman–Crippen MR) is 65.0 cm³/mol. The van der Waals surface area contributed by atoms with Crippen LogP contribution < -0.4 is 4.74 Å². The monoisotopic (exact) mass is 229 g/mol. The molecule has 0 aliphatic heterocycles. The van der Waals surface area contributed by atoms with Gasteiger partial charge >= 0.3 is 0 Å². The Morgan fingerprint density at radius 1 is 1.47 bits per heavy atom. The Balaban J connectivity index is 2.23. The maximum absolute atomic E-state index is 8.45. The lowest BCUT2D eigenvalue weighted by Gasteiger charge is -2.06. The Kier molecular flexibility index (Phi) is 3.29. The number of imidazole rings is 1. The molecule has 2 aromatic heterocycles. The van der Waals surface area contributed by atoms with Gasteiger partial charge in [-0.3, -0.25) is 0 Å². The van der Waals surface area contributed by atoms with E-state index in [-0.39, 0.29) is 0 Å². The van der Waals surface area contributed by atoms with Crippen molar-refractivity contribution in [3.63, 3.8) is 0 Å². The largest absolute Gasteiger partial charge is 0.490 e. The summed E-state index contributed by atoms with van der Waals surface area (Å²) in [7, 11) is 0. The zero-order chi connectivity index (χ0) is 12.3. The molecule has 2 aromatic rings. The van der Waals surface area contributed by atoms with Gasteiger partial charge < -0.3 is 9.14 Å². The molecular weight excluding hydrogens is 214 g/mol. The molecule has 0 radical (unpaired) electrons. The standard InChI is InChI=1S/C13H15N3O/c1-10-11(2)16-8-5-6-12(13(16)15-10)17-9-4-3-7-14/h5-6,8H,3-4,9H2,1-2H3. The molecule has 0 saturated heterocycles. The van der Waals surface area contributed by atoms with Gasteiger partial charge in [-0.25, -0.2) is 4.98 Å². The van der Waals surface area contributed by atoms with Gasteiger partial charge in [0.2, 0.25) is 0 Å². The highest BCUT2D eigenvalue weighted by Crippen LogP contribution is 2.21. The summed E-state index contributed by atoms with van der Waals surface area (Å²) in [6.07, 6.45) is 3.25. The zero-order valence-corrected chi connectivity index (χ0v) is 10.1. The fourth-order valence-corrected chi connectivity index (χ4v) is 1.72. The lowest BCUT2D eigenvalue weighted by Crippen LogP contribution is -1.99. The summed E-state index contributed by atoms with van der Waals surface area (Å²) in [5, 5.41) is 8.45. The van der Waals surface area contributed by atoms with Crippen LogP contribution in [0.25, 0.3) is 5.65 Å². The van der Waals surface area contributed by atoms with Crippen molar-refractivity contribution in [2.75, 3.05) is 6.61 Å². The molecule has 0 saturated carbocycles. The Morgan fingerprint density at radius 3 is 3.06 bits per heavy atom. The van der Waals surface area contributed by atoms with E-state index in [1.807, 2.05) is 36.6 Å². The van der Waals surface area contributed by atoms with Crippen molar-refractivity contribution in [3.8, 4) is 11.8 Å². The van der Waals surface area contributed by atoms with Crippen LogP contribution in [0, 0.1) is 25.2 Å². The van der Waals surface area contributed by atoms with Crippen molar-refractivity contribution in [1.82, 2.24) is 9.38 Å². The highest BCUT2D eigenvalue weighted by atomic mass is 16.5. The minimum absolute atomic E-state index is 0.523. The molecule has 4 nitrogen and oxygen atoms in total. The predicted octanol–water partition coefficient (Wildman–Crippen LogP) is 2.63. The van der Waals surface area contributed by atoms with Gasteiger partial charge in [-0.2, -0.15) is 5.26 Å². The summed E-state index contributed by atoms with van der Waals surface area (Å²) in [4.78, 5) is 4.48. The number of aromatic nitrogens is 2. The number of nitrogens with zero attached hydrogens (tertiary/aromatic N) is 3. The molecule has 4 heteroatoms. The van der Waals surface area contributed by atoms with Crippen molar-refractivity contribution >= 4 is 5.65 Å². The molecule has 0 aliphatic rings. The van der Waals surface area contributed by atoms with Crippen LogP contribution in [0.4, 0.5) is 0 Å². The number of hydrogen-bond acceptors (Lipinski definition) is 3. The quantitative estimate of drug-likeness (QED) is 0.757. The lowest BCUT2D eigenvalue weighted by molar-refractivity contribution is 0.314. The smallest absolute Gasteiger partial charge is 0.180 e. The third-order valence-electron chi connectivity index (χ3n) is 2.78. The fraction of sp³-hybridized carbons (Fsp3) is 0.385. The summed E-state index contributed by atoms with van der Waals surface area (Å²) in [5.41, 5.74) is 2.99. The SMILES string of the molecule is Cc1nc2c(OCCCC#N)cccn2c1C. The molecule has 0 amide bonds. The normalized spacial score (nSPS) is 10.4. The zero-order valence-electron chi connectivity index (χ0n) is 10.1. The molecule has 17 heavy (non-hydrogen) atoms. The van der Waals surface area contributed by atoms with Crippen LogP contribution in [0.15, 0.2) is 18.3 Å². The molecule has 2 rings (SSSR count). The van der Waals surface area contributed by atoms with Gasteiger partial charge in [0.1, 0.15) is 0 Å². The van der Waals surface area contributed by atoms with E-state index in [0.717, 1.165) is 29.2 Å². The van der Waals surface area contributed by atoms with Crippen molar-refractivity contribution in [1.29, 1.82) is 5.26 Å². The van der Waals surface area contributed by atoms with Crippen molar-refractivity contribution in [2.24, 2.45) is 0 Å². The van der Waals surface area contributed by atoms with E-state index in [9.17, 15) is 0 Å². The van der Waals surface area contributed by atoms with Gasteiger partial charge in [-0.1, -0.05) is 0 Å². The number of nitriles is 1. The Hall–Kier alpha value is -2.02. The van der Waals surface area contributed by atoms with Crippen molar-refractivity contribution < 1.29 is 4.74 Å². The minimum atomic E-state index is 0.523. The molecule has 88 valence electrons. The van der Waals surface area contributed by atoms with Crippen LogP contribution in [-0.4, -0.2) is 16.0 Å². The van der Waals surface area contributed by atoms with Crippen molar-refractivity contribution in [2.45, 2.75) is 26.7 Å². The van der Waals surface area contributed by atoms with Crippen molar-refractivity contribution in [3.05, 3.63) is 29.7 Å². The number of rotatable bonds is 4. The van der Waals surface area contributed by atoms with E-state index in [2.05, 4.69) is 11.1 Å². The first-order valence-corrected chi connectivity index (χ1v) is 5.68. The van der Waals surface area contributed by atoms with E-state index in [4.69, 9.17) is 10.00 Å². The molecule has 0 aromatic carbocycles. The second-order valence-corrected chi connectivity index (χ2v) is 3.96. The number of pyridine rings is 1. The second-order valence-electron chi connectivity index (χ2n) is 3.96. The number of hydrogen-bond donors (Lipinski definition) is 0. The molecular formula is C13H15N3O. The highest BCUT2D eigenvalue weighted by Gasteiger charge is 2.08. The molecule has 0 spiro atoms. The average Bonchev–Trinajstić information content (AvgIpc) is 2.62. The first-order valence-electron chi connectivity index (χ1n) is 5.68. The van der Waals surface area contributed by atoms with E-state index in [0.29, 0.717) is 13.0 Å². The Labute approximate surface area is 100 Å². The van der Waals surface area contributed by atoms with E-state index in [1.54, 1.807) is 0 Å². The summed E-state index contributed by atoms with van der Waals surface area (Å²) in [5.74, 6) is 0.779. The van der Waals surface area contributed by atoms with Crippen LogP contribution in [0.1, 0.15) is 24.2 Å². The lowest BCUT2D eigenvalue weighted by atomic mass is 10.3. The fourth-order valence-electron chi connectivity index (χ4n) is 1.72. The number of ether oxygens (including phenoxy) is 1. The number of fused-ring (bicyclic) bond motifs is 1. The second kappa shape index (κ2) is 4.88. The summed E-state index contributed by atoms with van der Waals surface area (Å²) < 4.78 is 7.68. The van der Waals surface area contributed by atoms with Gasteiger partial charge in [0.05, 0.1) is 18.4 Å². The third-order valence-corrected chi connectivity index (χ3v) is 2.78. The van der Waals surface area contributed by atoms with Gasteiger partial charge in [-0.15, -0.1) is 0 Å². The Morgan fingerprint density at radius 2 is 2.29 bits per heavy atom. The van der Waals surface area contributed by atoms with E-state index in [1.165, 1.54) is 0 Å². The minimum Gasteiger partial charge on any atom is -0.490 e. The highest BCUT2D eigenvalue weighted by molar-refractivity contribution is 5.55. The maximum Gasteiger partial charge on any atom is 0.180 e.